The van der Waals surface area contributed by atoms with Gasteiger partial charge in [0, 0.05) is 33.2 Å². The molecule has 5 nitrogen and oxygen atoms in total. The second-order valence-corrected chi connectivity index (χ2v) is 9.79. The molecule has 32 heavy (non-hydrogen) atoms. The summed E-state index contributed by atoms with van der Waals surface area (Å²) in [7, 11) is 0. The zero-order chi connectivity index (χ0) is 23.8. The van der Waals surface area contributed by atoms with Gasteiger partial charge in [-0.2, -0.15) is 0 Å². The summed E-state index contributed by atoms with van der Waals surface area (Å²) >= 11 is 22.2. The zero-order valence-electron chi connectivity index (χ0n) is 18.1. The molecule has 0 aliphatic rings. The summed E-state index contributed by atoms with van der Waals surface area (Å²) in [6, 6.07) is 9.52. The van der Waals surface area contributed by atoms with E-state index >= 15 is 0 Å². The Balaban J connectivity index is 2.28. The Labute approximate surface area is 212 Å². The van der Waals surface area contributed by atoms with E-state index in [1.54, 1.807) is 36.4 Å². The lowest BCUT2D eigenvalue weighted by atomic mass is 10.1. The van der Waals surface area contributed by atoms with Crippen LogP contribution in [0.5, 0.6) is 5.75 Å². The number of nitrogens with one attached hydrogen (secondary N) is 1. The van der Waals surface area contributed by atoms with Crippen molar-refractivity contribution in [1.82, 2.24) is 10.2 Å². The van der Waals surface area contributed by atoms with Gasteiger partial charge in [-0.3, -0.25) is 9.59 Å². The summed E-state index contributed by atoms with van der Waals surface area (Å²) in [4.78, 5) is 27.6. The second-order valence-electron chi connectivity index (χ2n) is 7.65. The molecule has 0 bridgehead atoms. The molecule has 1 atom stereocenters. The fourth-order valence-electron chi connectivity index (χ4n) is 3.01. The molecule has 9 heteroatoms. The van der Waals surface area contributed by atoms with E-state index in [-0.39, 0.29) is 30.9 Å². The first-order chi connectivity index (χ1) is 15.1. The molecule has 0 radical (unpaired) electrons. The van der Waals surface area contributed by atoms with Crippen LogP contribution in [0.4, 0.5) is 0 Å². The molecule has 174 valence electrons. The number of benzene rings is 2. The fraction of sp³-hybridized carbons (Fsp3) is 0.391. The number of nitrogens with zero attached hydrogens (tertiary/aromatic N) is 1. The van der Waals surface area contributed by atoms with Crippen LogP contribution in [0.25, 0.3) is 0 Å². The Hall–Kier alpha value is -1.47. The minimum absolute atomic E-state index is 0.0718. The smallest absolute Gasteiger partial charge is 0.261 e. The summed E-state index contributed by atoms with van der Waals surface area (Å²) in [6.45, 7) is 6.14. The van der Waals surface area contributed by atoms with Gasteiger partial charge < -0.3 is 15.0 Å². The molecule has 0 aromatic heterocycles. The SMILES string of the molecule is CCC(C(=O)NCC(C)C)N(Cc1c(Cl)cccc1Cl)C(=O)COc1ccc(Br)cc1Cl. The Kier molecular flexibility index (Phi) is 10.6. The summed E-state index contributed by atoms with van der Waals surface area (Å²) in [6.07, 6.45) is 0.413. The molecular formula is C23H26BrCl3N2O3. The van der Waals surface area contributed by atoms with Gasteiger partial charge in [0.15, 0.2) is 6.61 Å². The number of hydrogen-bond acceptors (Lipinski definition) is 3. The molecule has 2 amide bonds. The van der Waals surface area contributed by atoms with Crippen molar-refractivity contribution in [2.45, 2.75) is 39.8 Å². The minimum Gasteiger partial charge on any atom is -0.482 e. The maximum Gasteiger partial charge on any atom is 0.261 e. The van der Waals surface area contributed by atoms with E-state index in [1.807, 2.05) is 20.8 Å². The number of rotatable bonds is 10. The van der Waals surface area contributed by atoms with E-state index in [2.05, 4.69) is 21.2 Å². The molecule has 0 aliphatic heterocycles. The fourth-order valence-corrected chi connectivity index (χ4v) is 4.26. The average molecular weight is 565 g/mol. The summed E-state index contributed by atoms with van der Waals surface area (Å²) in [5.41, 5.74) is 0.570. The van der Waals surface area contributed by atoms with E-state index in [1.165, 1.54) is 4.90 Å². The van der Waals surface area contributed by atoms with Crippen LogP contribution in [0.15, 0.2) is 40.9 Å². The number of hydrogen-bond donors (Lipinski definition) is 1. The van der Waals surface area contributed by atoms with Crippen LogP contribution in [0, 0.1) is 5.92 Å². The summed E-state index contributed by atoms with van der Waals surface area (Å²) in [5, 5.41) is 4.12. The standard InChI is InChI=1S/C23H26BrCl3N2O3/c1-4-20(23(31)28-11-14(2)3)29(12-16-17(25)6-5-7-18(16)26)22(30)13-32-21-9-8-15(24)10-19(21)27/h5-10,14,20H,4,11-13H2,1-3H3,(H,28,31). The highest BCUT2D eigenvalue weighted by Crippen LogP contribution is 2.29. The van der Waals surface area contributed by atoms with Gasteiger partial charge in [-0.05, 0) is 42.7 Å². The number of amides is 2. The minimum atomic E-state index is -0.711. The van der Waals surface area contributed by atoms with E-state index in [0.29, 0.717) is 39.3 Å². The van der Waals surface area contributed by atoms with E-state index in [4.69, 9.17) is 39.5 Å². The van der Waals surface area contributed by atoms with Gasteiger partial charge >= 0.3 is 0 Å². The molecule has 2 aromatic carbocycles. The highest BCUT2D eigenvalue weighted by atomic mass is 79.9. The first-order valence-electron chi connectivity index (χ1n) is 10.2. The lowest BCUT2D eigenvalue weighted by Crippen LogP contribution is -2.50. The first-order valence-corrected chi connectivity index (χ1v) is 12.1. The van der Waals surface area contributed by atoms with Gasteiger partial charge in [0.2, 0.25) is 5.91 Å². The molecule has 1 unspecified atom stereocenters. The predicted octanol–water partition coefficient (Wildman–Crippen LogP) is 6.37. The average Bonchev–Trinajstić information content (AvgIpc) is 2.73. The molecule has 0 spiro atoms. The topological polar surface area (TPSA) is 58.6 Å². The van der Waals surface area contributed by atoms with Crippen LogP contribution in [0.1, 0.15) is 32.8 Å². The van der Waals surface area contributed by atoms with Crippen LogP contribution in [-0.4, -0.2) is 35.9 Å². The van der Waals surface area contributed by atoms with Crippen molar-refractivity contribution >= 4 is 62.5 Å². The lowest BCUT2D eigenvalue weighted by Gasteiger charge is -2.31. The van der Waals surface area contributed by atoms with Crippen LogP contribution >= 0.6 is 50.7 Å². The predicted molar refractivity (Wildman–Crippen MR) is 134 cm³/mol. The molecule has 0 aliphatic carbocycles. The van der Waals surface area contributed by atoms with Crippen molar-refractivity contribution in [2.75, 3.05) is 13.2 Å². The third-order valence-corrected chi connectivity index (χ3v) is 6.20. The van der Waals surface area contributed by atoms with Crippen molar-refractivity contribution < 1.29 is 14.3 Å². The number of carbonyl (C=O) groups excluding carboxylic acids is 2. The van der Waals surface area contributed by atoms with Gasteiger partial charge in [-0.25, -0.2) is 0 Å². The number of halogens is 4. The van der Waals surface area contributed by atoms with Crippen LogP contribution in [0.2, 0.25) is 15.1 Å². The maximum absolute atomic E-state index is 13.2. The lowest BCUT2D eigenvalue weighted by molar-refractivity contribution is -0.143. The van der Waals surface area contributed by atoms with Gasteiger partial charge in [-0.1, -0.05) is 77.6 Å². The van der Waals surface area contributed by atoms with Gasteiger partial charge in [-0.15, -0.1) is 0 Å². The Morgan fingerprint density at radius 2 is 1.75 bits per heavy atom. The van der Waals surface area contributed by atoms with Gasteiger partial charge in [0.1, 0.15) is 11.8 Å². The highest BCUT2D eigenvalue weighted by Gasteiger charge is 2.30. The molecule has 0 saturated carbocycles. The third kappa shape index (κ3) is 7.55. The van der Waals surface area contributed by atoms with Gasteiger partial charge in [0.05, 0.1) is 5.02 Å². The van der Waals surface area contributed by atoms with Crippen LogP contribution in [-0.2, 0) is 16.1 Å². The Bertz CT molecular complexity index is 936. The molecule has 0 saturated heterocycles. The maximum atomic E-state index is 13.2. The first kappa shape index (κ1) is 26.8. The van der Waals surface area contributed by atoms with E-state index < -0.39 is 6.04 Å². The number of ether oxygens (including phenoxy) is 1. The number of carbonyl (C=O) groups is 2. The summed E-state index contributed by atoms with van der Waals surface area (Å²) < 4.78 is 6.46. The monoisotopic (exact) mass is 562 g/mol. The summed E-state index contributed by atoms with van der Waals surface area (Å²) in [5.74, 6) is 0.0312. The zero-order valence-corrected chi connectivity index (χ0v) is 22.0. The molecule has 0 fully saturated rings. The molecule has 0 heterocycles. The van der Waals surface area contributed by atoms with E-state index in [0.717, 1.165) is 4.47 Å². The Morgan fingerprint density at radius 3 is 2.31 bits per heavy atom. The molecule has 1 N–H and O–H groups in total. The Morgan fingerprint density at radius 1 is 1.09 bits per heavy atom. The van der Waals surface area contributed by atoms with Gasteiger partial charge in [0.25, 0.3) is 5.91 Å². The van der Waals surface area contributed by atoms with Crippen LogP contribution in [0.3, 0.4) is 0 Å². The normalized spacial score (nSPS) is 11.9. The van der Waals surface area contributed by atoms with Crippen molar-refractivity contribution in [3.05, 3.63) is 61.5 Å². The molecule has 2 rings (SSSR count). The molecule has 2 aromatic rings. The van der Waals surface area contributed by atoms with Crippen molar-refractivity contribution in [3.63, 3.8) is 0 Å². The highest BCUT2D eigenvalue weighted by molar-refractivity contribution is 9.10. The quantitative estimate of drug-likeness (QED) is 0.365. The van der Waals surface area contributed by atoms with E-state index in [9.17, 15) is 9.59 Å². The van der Waals surface area contributed by atoms with Crippen molar-refractivity contribution in [3.8, 4) is 5.75 Å². The molecular weight excluding hydrogens is 539 g/mol. The third-order valence-electron chi connectivity index (χ3n) is 4.71. The van der Waals surface area contributed by atoms with Crippen molar-refractivity contribution in [1.29, 1.82) is 0 Å². The van der Waals surface area contributed by atoms with Crippen molar-refractivity contribution in [2.24, 2.45) is 5.92 Å². The largest absolute Gasteiger partial charge is 0.482 e. The second kappa shape index (κ2) is 12.7. The van der Waals surface area contributed by atoms with Crippen LogP contribution < -0.4 is 10.1 Å².